The molecule has 27 heavy (non-hydrogen) atoms. The molecular formula is C20H20N2O4S. The first kappa shape index (κ1) is 17.6. The maximum absolute atomic E-state index is 12.8. The summed E-state index contributed by atoms with van der Waals surface area (Å²) in [6, 6.07) is 13.2. The molecule has 0 radical (unpaired) electrons. The van der Waals surface area contributed by atoms with Crippen LogP contribution < -0.4 is 19.0 Å². The Kier molecular flexibility index (Phi) is 4.85. The number of methoxy groups -OCH3 is 1. The van der Waals surface area contributed by atoms with Crippen molar-refractivity contribution >= 4 is 27.5 Å². The molecule has 1 atom stereocenters. The van der Waals surface area contributed by atoms with Crippen molar-refractivity contribution in [2.24, 2.45) is 4.99 Å². The van der Waals surface area contributed by atoms with E-state index >= 15 is 0 Å². The minimum absolute atomic E-state index is 0.154. The van der Waals surface area contributed by atoms with Crippen molar-refractivity contribution in [3.05, 3.63) is 47.3 Å². The molecule has 2 aromatic carbocycles. The molecule has 6 nitrogen and oxygen atoms in total. The van der Waals surface area contributed by atoms with Gasteiger partial charge in [0.05, 0.1) is 11.8 Å². The molecule has 7 heteroatoms. The van der Waals surface area contributed by atoms with E-state index in [-0.39, 0.29) is 12.5 Å². The van der Waals surface area contributed by atoms with E-state index in [2.05, 4.69) is 11.9 Å². The summed E-state index contributed by atoms with van der Waals surface area (Å²) in [5, 5.41) is 0. The monoisotopic (exact) mass is 384 g/mol. The summed E-state index contributed by atoms with van der Waals surface area (Å²) < 4.78 is 20.0. The molecule has 1 aliphatic rings. The van der Waals surface area contributed by atoms with E-state index in [1.807, 2.05) is 41.0 Å². The predicted molar refractivity (Wildman–Crippen MR) is 104 cm³/mol. The first-order chi connectivity index (χ1) is 13.2. The molecule has 0 saturated carbocycles. The number of aryl methyl sites for hydroxylation is 1. The highest BCUT2D eigenvalue weighted by Gasteiger charge is 2.27. The van der Waals surface area contributed by atoms with Gasteiger partial charge in [-0.15, -0.1) is 0 Å². The molecular weight excluding hydrogens is 364 g/mol. The second-order valence-corrected chi connectivity index (χ2v) is 7.17. The lowest BCUT2D eigenvalue weighted by atomic mass is 10.2. The number of aromatic nitrogens is 1. The van der Waals surface area contributed by atoms with Gasteiger partial charge in [-0.05, 0) is 30.7 Å². The zero-order chi connectivity index (χ0) is 18.8. The number of hydrogen-bond donors (Lipinski definition) is 0. The third-order valence-corrected chi connectivity index (χ3v) is 5.36. The highest BCUT2D eigenvalue weighted by Crippen LogP contribution is 2.31. The van der Waals surface area contributed by atoms with Crippen LogP contribution in [0.2, 0.25) is 0 Å². The first-order valence-electron chi connectivity index (χ1n) is 8.84. The maximum Gasteiger partial charge on any atom is 0.292 e. The van der Waals surface area contributed by atoms with Gasteiger partial charge in [0.2, 0.25) is 6.10 Å². The predicted octanol–water partition coefficient (Wildman–Crippen LogP) is 3.39. The van der Waals surface area contributed by atoms with Gasteiger partial charge in [0, 0.05) is 6.54 Å². The molecule has 1 amide bonds. The molecule has 2 heterocycles. The summed E-state index contributed by atoms with van der Waals surface area (Å²) in [6.45, 7) is 2.99. The smallest absolute Gasteiger partial charge is 0.292 e. The lowest BCUT2D eigenvalue weighted by molar-refractivity contribution is -0.127. The molecule has 0 unspecified atom stereocenters. The van der Waals surface area contributed by atoms with Gasteiger partial charge < -0.3 is 18.8 Å². The quantitative estimate of drug-likeness (QED) is 0.692. The molecule has 4 rings (SSSR count). The van der Waals surface area contributed by atoms with Crippen molar-refractivity contribution in [1.29, 1.82) is 0 Å². The number of carbonyl (C=O) groups is 1. The van der Waals surface area contributed by atoms with Crippen LogP contribution in [0.3, 0.4) is 0 Å². The number of amides is 1. The fourth-order valence-electron chi connectivity index (χ4n) is 3.09. The summed E-state index contributed by atoms with van der Waals surface area (Å²) in [5.41, 5.74) is 0.963. The van der Waals surface area contributed by atoms with Gasteiger partial charge in [0.1, 0.15) is 17.9 Å². The number of carbonyl (C=O) groups excluding carboxylic acids is 1. The summed E-state index contributed by atoms with van der Waals surface area (Å²) in [4.78, 5) is 17.8. The Morgan fingerprint density at radius 3 is 2.85 bits per heavy atom. The van der Waals surface area contributed by atoms with Crippen LogP contribution in [0, 0.1) is 0 Å². The van der Waals surface area contributed by atoms with E-state index in [0.717, 1.165) is 28.9 Å². The van der Waals surface area contributed by atoms with Gasteiger partial charge in [-0.25, -0.2) is 0 Å². The van der Waals surface area contributed by atoms with Crippen LogP contribution in [-0.2, 0) is 11.3 Å². The third kappa shape index (κ3) is 3.30. The van der Waals surface area contributed by atoms with Crippen LogP contribution in [-0.4, -0.2) is 30.3 Å². The molecule has 0 saturated heterocycles. The standard InChI is InChI=1S/C20H20N2O4S/c1-3-11-22-18-15(24-2)9-6-10-17(18)27-20(22)21-19(23)16-12-25-13-7-4-5-8-14(13)26-16/h4-10,16H,3,11-12H2,1-2H3/t16-/m0/s1. The Labute approximate surface area is 160 Å². The van der Waals surface area contributed by atoms with Crippen LogP contribution in [0.4, 0.5) is 0 Å². The van der Waals surface area contributed by atoms with E-state index in [1.54, 1.807) is 13.2 Å². The minimum atomic E-state index is -0.748. The average molecular weight is 384 g/mol. The Morgan fingerprint density at radius 1 is 1.26 bits per heavy atom. The molecule has 0 bridgehead atoms. The van der Waals surface area contributed by atoms with Gasteiger partial charge >= 0.3 is 0 Å². The largest absolute Gasteiger partial charge is 0.495 e. The summed E-state index contributed by atoms with van der Waals surface area (Å²) in [6.07, 6.45) is 0.170. The highest BCUT2D eigenvalue weighted by atomic mass is 32.1. The van der Waals surface area contributed by atoms with Crippen LogP contribution in [0.25, 0.3) is 10.2 Å². The Bertz CT molecular complexity index is 1050. The van der Waals surface area contributed by atoms with Crippen molar-refractivity contribution in [3.63, 3.8) is 0 Å². The summed E-state index contributed by atoms with van der Waals surface area (Å²) in [5.74, 6) is 1.64. The number of thiazole rings is 1. The van der Waals surface area contributed by atoms with E-state index in [1.165, 1.54) is 11.3 Å². The van der Waals surface area contributed by atoms with Crippen LogP contribution in [0.5, 0.6) is 17.2 Å². The van der Waals surface area contributed by atoms with E-state index in [0.29, 0.717) is 16.3 Å². The van der Waals surface area contributed by atoms with Gasteiger partial charge in [0.15, 0.2) is 16.3 Å². The molecule has 1 aliphatic heterocycles. The fourth-order valence-corrected chi connectivity index (χ4v) is 4.17. The Hall–Kier alpha value is -2.80. The van der Waals surface area contributed by atoms with Crippen LogP contribution in [0.1, 0.15) is 13.3 Å². The summed E-state index contributed by atoms with van der Waals surface area (Å²) >= 11 is 1.47. The Balaban J connectivity index is 1.72. The molecule has 0 N–H and O–H groups in total. The number of fused-ring (bicyclic) bond motifs is 2. The zero-order valence-electron chi connectivity index (χ0n) is 15.2. The average Bonchev–Trinajstić information content (AvgIpc) is 3.05. The first-order valence-corrected chi connectivity index (χ1v) is 9.66. The van der Waals surface area contributed by atoms with Gasteiger partial charge in [0.25, 0.3) is 5.91 Å². The fraction of sp³-hybridized carbons (Fsp3) is 0.300. The van der Waals surface area contributed by atoms with Crippen molar-refractivity contribution in [3.8, 4) is 17.2 Å². The van der Waals surface area contributed by atoms with Crippen LogP contribution in [0.15, 0.2) is 47.5 Å². The number of hydrogen-bond acceptors (Lipinski definition) is 5. The lowest BCUT2D eigenvalue weighted by Gasteiger charge is -2.23. The molecule has 140 valence electrons. The van der Waals surface area contributed by atoms with Crippen molar-refractivity contribution < 1.29 is 19.0 Å². The van der Waals surface area contributed by atoms with Crippen molar-refractivity contribution in [2.45, 2.75) is 26.0 Å². The summed E-state index contributed by atoms with van der Waals surface area (Å²) in [7, 11) is 1.65. The lowest BCUT2D eigenvalue weighted by Crippen LogP contribution is -2.36. The SMILES string of the molecule is CCCn1c(=NC(=O)[C@@H]2COc3ccccc3O2)sc2cccc(OC)c21. The normalized spacial score (nSPS) is 16.5. The number of benzene rings is 2. The minimum Gasteiger partial charge on any atom is -0.495 e. The van der Waals surface area contributed by atoms with Crippen molar-refractivity contribution in [2.75, 3.05) is 13.7 Å². The zero-order valence-corrected chi connectivity index (χ0v) is 16.0. The van der Waals surface area contributed by atoms with Gasteiger partial charge in [-0.2, -0.15) is 4.99 Å². The molecule has 0 spiro atoms. The molecule has 0 aliphatic carbocycles. The van der Waals surface area contributed by atoms with Gasteiger partial charge in [-0.1, -0.05) is 36.5 Å². The van der Waals surface area contributed by atoms with E-state index in [4.69, 9.17) is 14.2 Å². The Morgan fingerprint density at radius 2 is 2.07 bits per heavy atom. The van der Waals surface area contributed by atoms with Crippen molar-refractivity contribution in [1.82, 2.24) is 4.57 Å². The number of rotatable bonds is 4. The highest BCUT2D eigenvalue weighted by molar-refractivity contribution is 7.16. The molecule has 3 aromatic rings. The number of para-hydroxylation sites is 3. The third-order valence-electron chi connectivity index (χ3n) is 4.32. The number of ether oxygens (including phenoxy) is 3. The topological polar surface area (TPSA) is 62.1 Å². The van der Waals surface area contributed by atoms with E-state index in [9.17, 15) is 4.79 Å². The van der Waals surface area contributed by atoms with E-state index < -0.39 is 6.10 Å². The number of nitrogens with zero attached hydrogens (tertiary/aromatic N) is 2. The van der Waals surface area contributed by atoms with Gasteiger partial charge in [-0.3, -0.25) is 4.79 Å². The molecule has 0 fully saturated rings. The second kappa shape index (κ2) is 7.44. The second-order valence-electron chi connectivity index (χ2n) is 6.16. The maximum atomic E-state index is 12.8. The molecule has 1 aromatic heterocycles. The van der Waals surface area contributed by atoms with Crippen LogP contribution >= 0.6 is 11.3 Å².